The third kappa shape index (κ3) is 4.21. The summed E-state index contributed by atoms with van der Waals surface area (Å²) in [6.07, 6.45) is 4.44. The third-order valence-electron chi connectivity index (χ3n) is 4.50. The molecule has 6 nitrogen and oxygen atoms in total. The Morgan fingerprint density at radius 2 is 2.10 bits per heavy atom. The van der Waals surface area contributed by atoms with Gasteiger partial charge >= 0.3 is 0 Å². The number of methoxy groups -OCH3 is 1. The third-order valence-corrected chi connectivity index (χ3v) is 4.50. The molecule has 0 aliphatic carbocycles. The van der Waals surface area contributed by atoms with E-state index in [1.807, 2.05) is 19.1 Å². The van der Waals surface area contributed by atoms with Gasteiger partial charge in [0.25, 0.3) is 17.9 Å². The summed E-state index contributed by atoms with van der Waals surface area (Å²) in [5, 5.41) is 2.87. The molecule has 152 valence electrons. The summed E-state index contributed by atoms with van der Waals surface area (Å²) in [6, 6.07) is 6.46. The van der Waals surface area contributed by atoms with Gasteiger partial charge in [0, 0.05) is 41.0 Å². The second kappa shape index (κ2) is 8.72. The maximum Gasteiger partial charge on any atom is 0.275 e. The Morgan fingerprint density at radius 3 is 2.79 bits per heavy atom. The summed E-state index contributed by atoms with van der Waals surface area (Å²) in [7, 11) is 1.50. The fourth-order valence-electron chi connectivity index (χ4n) is 3.10. The Kier molecular flexibility index (Phi) is 6.11. The predicted molar refractivity (Wildman–Crippen MR) is 108 cm³/mol. The molecule has 0 saturated carbocycles. The number of carbonyl (C=O) groups is 1. The molecule has 3 rings (SSSR count). The molecule has 0 unspecified atom stereocenters. The van der Waals surface area contributed by atoms with Gasteiger partial charge in [-0.2, -0.15) is 0 Å². The van der Waals surface area contributed by atoms with E-state index in [2.05, 4.69) is 10.3 Å². The maximum absolute atomic E-state index is 12.7. The van der Waals surface area contributed by atoms with Crippen LogP contribution in [-0.2, 0) is 6.54 Å². The van der Waals surface area contributed by atoms with Gasteiger partial charge < -0.3 is 19.6 Å². The number of nitrogens with zero attached hydrogens (tertiary/aromatic N) is 1. The van der Waals surface area contributed by atoms with E-state index in [9.17, 15) is 18.4 Å². The zero-order chi connectivity index (χ0) is 21.0. The van der Waals surface area contributed by atoms with E-state index in [4.69, 9.17) is 4.74 Å². The number of amides is 1. The van der Waals surface area contributed by atoms with Crippen LogP contribution in [0.3, 0.4) is 0 Å². The highest BCUT2D eigenvalue weighted by atomic mass is 19.3. The highest BCUT2D eigenvalue weighted by molar-refractivity contribution is 6.00. The van der Waals surface area contributed by atoms with Crippen LogP contribution in [0.5, 0.6) is 5.75 Å². The number of allylic oxidation sites excluding steroid dienone is 2. The van der Waals surface area contributed by atoms with Crippen molar-refractivity contribution in [2.24, 2.45) is 0 Å². The average Bonchev–Trinajstić information content (AvgIpc) is 3.21. The van der Waals surface area contributed by atoms with E-state index in [0.717, 1.165) is 0 Å². The largest absolute Gasteiger partial charge is 0.496 e. The standard InChI is InChI=1S/C21H21F2N3O3/c1-3-4-9-26-12-16(14-7-8-24-19(14)21(26)28)15-10-13(5-6-17(15)29-2)20(27)25-11-18(22)23/h3-8,10,12,18,24H,9,11H2,1-2H3,(H,25,27)/b4-3+. The number of rotatable bonds is 7. The molecule has 8 heteroatoms. The Hall–Kier alpha value is -3.42. The van der Waals surface area contributed by atoms with Crippen LogP contribution in [0.15, 0.2) is 53.6 Å². The van der Waals surface area contributed by atoms with Gasteiger partial charge in [0.15, 0.2) is 0 Å². The zero-order valence-corrected chi connectivity index (χ0v) is 16.0. The molecule has 2 N–H and O–H groups in total. The summed E-state index contributed by atoms with van der Waals surface area (Å²) in [5.74, 6) is -0.115. The van der Waals surface area contributed by atoms with Gasteiger partial charge in [-0.3, -0.25) is 9.59 Å². The number of hydrogen-bond donors (Lipinski definition) is 2. The molecule has 0 saturated heterocycles. The molecular formula is C21H21F2N3O3. The lowest BCUT2D eigenvalue weighted by molar-refractivity contribution is 0.0891. The van der Waals surface area contributed by atoms with Gasteiger partial charge in [0.05, 0.1) is 13.7 Å². The second-order valence-corrected chi connectivity index (χ2v) is 6.35. The number of nitrogens with one attached hydrogen (secondary N) is 2. The average molecular weight is 401 g/mol. The number of alkyl halides is 2. The Balaban J connectivity index is 2.16. The van der Waals surface area contributed by atoms with Gasteiger partial charge in [0.2, 0.25) is 0 Å². The van der Waals surface area contributed by atoms with Crippen molar-refractivity contribution in [3.63, 3.8) is 0 Å². The highest BCUT2D eigenvalue weighted by Gasteiger charge is 2.17. The lowest BCUT2D eigenvalue weighted by Crippen LogP contribution is -2.28. The minimum Gasteiger partial charge on any atom is -0.496 e. The van der Waals surface area contributed by atoms with E-state index in [1.165, 1.54) is 13.2 Å². The van der Waals surface area contributed by atoms with Crippen LogP contribution in [0.4, 0.5) is 8.78 Å². The quantitative estimate of drug-likeness (QED) is 0.594. The Morgan fingerprint density at radius 1 is 1.31 bits per heavy atom. The smallest absolute Gasteiger partial charge is 0.275 e. The van der Waals surface area contributed by atoms with Crippen molar-refractivity contribution < 1.29 is 18.3 Å². The molecule has 1 aromatic carbocycles. The van der Waals surface area contributed by atoms with Crippen LogP contribution in [0.1, 0.15) is 17.3 Å². The minimum absolute atomic E-state index is 0.170. The monoisotopic (exact) mass is 401 g/mol. The molecule has 1 amide bonds. The number of carbonyl (C=O) groups excluding carboxylic acids is 1. The van der Waals surface area contributed by atoms with Gasteiger partial charge in [-0.15, -0.1) is 0 Å². The van der Waals surface area contributed by atoms with E-state index in [0.29, 0.717) is 34.3 Å². The molecule has 2 heterocycles. The first-order chi connectivity index (χ1) is 14.0. The maximum atomic E-state index is 12.7. The summed E-state index contributed by atoms with van der Waals surface area (Å²) >= 11 is 0. The van der Waals surface area contributed by atoms with Crippen molar-refractivity contribution in [1.29, 1.82) is 0 Å². The van der Waals surface area contributed by atoms with Crippen molar-refractivity contribution in [1.82, 2.24) is 14.9 Å². The fraction of sp³-hybridized carbons (Fsp3) is 0.238. The molecule has 3 aromatic rings. The van der Waals surface area contributed by atoms with Crippen molar-refractivity contribution in [3.8, 4) is 16.9 Å². The van der Waals surface area contributed by atoms with E-state index in [1.54, 1.807) is 35.2 Å². The van der Waals surface area contributed by atoms with Gasteiger partial charge in [0.1, 0.15) is 11.3 Å². The molecular weight excluding hydrogens is 380 g/mol. The summed E-state index contributed by atoms with van der Waals surface area (Å²) in [6.45, 7) is 1.52. The number of ether oxygens (including phenoxy) is 1. The molecule has 2 aromatic heterocycles. The van der Waals surface area contributed by atoms with Crippen LogP contribution in [-0.4, -0.2) is 35.5 Å². The summed E-state index contributed by atoms with van der Waals surface area (Å²) in [5.41, 5.74) is 1.75. The predicted octanol–water partition coefficient (Wildman–Crippen LogP) is 3.58. The Labute approximate surface area is 165 Å². The lowest BCUT2D eigenvalue weighted by Gasteiger charge is -2.14. The summed E-state index contributed by atoms with van der Waals surface area (Å²) < 4.78 is 31.8. The molecule has 0 spiro atoms. The van der Waals surface area contributed by atoms with Gasteiger partial charge in [-0.05, 0) is 31.2 Å². The molecule has 0 bridgehead atoms. The highest BCUT2D eigenvalue weighted by Crippen LogP contribution is 2.34. The van der Waals surface area contributed by atoms with Gasteiger partial charge in [-0.1, -0.05) is 12.2 Å². The molecule has 0 fully saturated rings. The van der Waals surface area contributed by atoms with Crippen LogP contribution >= 0.6 is 0 Å². The number of aromatic amines is 1. The number of H-pyrrole nitrogens is 1. The molecule has 0 aliphatic heterocycles. The zero-order valence-electron chi connectivity index (χ0n) is 16.0. The topological polar surface area (TPSA) is 76.1 Å². The second-order valence-electron chi connectivity index (χ2n) is 6.35. The van der Waals surface area contributed by atoms with Crippen LogP contribution in [0.2, 0.25) is 0 Å². The first kappa shape index (κ1) is 20.3. The molecule has 0 aliphatic rings. The van der Waals surface area contributed by atoms with Crippen LogP contribution in [0.25, 0.3) is 22.0 Å². The number of halogens is 2. The molecule has 29 heavy (non-hydrogen) atoms. The molecule has 0 radical (unpaired) electrons. The van der Waals surface area contributed by atoms with E-state index >= 15 is 0 Å². The van der Waals surface area contributed by atoms with E-state index < -0.39 is 18.9 Å². The summed E-state index contributed by atoms with van der Waals surface area (Å²) in [4.78, 5) is 27.9. The minimum atomic E-state index is -2.63. The Bertz CT molecular complexity index is 1120. The fourth-order valence-corrected chi connectivity index (χ4v) is 3.10. The van der Waals surface area contributed by atoms with Gasteiger partial charge in [-0.25, -0.2) is 8.78 Å². The lowest BCUT2D eigenvalue weighted by atomic mass is 10.00. The van der Waals surface area contributed by atoms with Crippen LogP contribution < -0.4 is 15.6 Å². The van der Waals surface area contributed by atoms with Crippen molar-refractivity contribution >= 4 is 16.8 Å². The first-order valence-corrected chi connectivity index (χ1v) is 9.02. The number of benzene rings is 1. The van der Waals surface area contributed by atoms with Crippen molar-refractivity contribution in [2.75, 3.05) is 13.7 Å². The number of pyridine rings is 1. The molecule has 0 atom stereocenters. The van der Waals surface area contributed by atoms with Crippen molar-refractivity contribution in [2.45, 2.75) is 19.9 Å². The normalized spacial score (nSPS) is 11.5. The van der Waals surface area contributed by atoms with E-state index in [-0.39, 0.29) is 11.1 Å². The number of fused-ring (bicyclic) bond motifs is 1. The van der Waals surface area contributed by atoms with Crippen molar-refractivity contribution in [3.05, 3.63) is 64.7 Å². The number of hydrogen-bond acceptors (Lipinski definition) is 3. The number of aromatic nitrogens is 2. The van der Waals surface area contributed by atoms with Crippen LogP contribution in [0, 0.1) is 0 Å². The SMILES string of the molecule is C/C=C/Cn1cc(-c2cc(C(=O)NCC(F)F)ccc2OC)c2cc[nH]c2c1=O. The first-order valence-electron chi connectivity index (χ1n) is 9.02.